The number of hydrogen-bond donors (Lipinski definition) is 0. The predicted octanol–water partition coefficient (Wildman–Crippen LogP) is 0.764. The Balaban J connectivity index is 2.71. The highest BCUT2D eigenvalue weighted by Crippen LogP contribution is 2.09. The third-order valence-electron chi connectivity index (χ3n) is 1.52. The van der Waals surface area contributed by atoms with Crippen LogP contribution in [0.5, 0.6) is 0 Å². The molecule has 11 heavy (non-hydrogen) atoms. The summed E-state index contributed by atoms with van der Waals surface area (Å²) in [4.78, 5) is 23.1. The van der Waals surface area contributed by atoms with Gasteiger partial charge in [-0.1, -0.05) is 0 Å². The van der Waals surface area contributed by atoms with Crippen LogP contribution in [-0.4, -0.2) is 29.5 Å². The molecule has 1 heterocycles. The molecule has 0 aliphatic carbocycles. The van der Waals surface area contributed by atoms with Crippen molar-refractivity contribution in [2.24, 2.45) is 0 Å². The molecular formula is C7H11NO3. The van der Waals surface area contributed by atoms with E-state index < -0.39 is 6.09 Å². The maximum Gasteiger partial charge on any atom is 0.416 e. The molecule has 0 unspecified atom stereocenters. The molecule has 1 rings (SSSR count). The van der Waals surface area contributed by atoms with Crippen molar-refractivity contribution in [3.8, 4) is 0 Å². The lowest BCUT2D eigenvalue weighted by Gasteiger charge is -2.27. The zero-order valence-corrected chi connectivity index (χ0v) is 6.66. The molecule has 62 valence electrons. The van der Waals surface area contributed by atoms with Gasteiger partial charge in [-0.2, -0.15) is 0 Å². The molecule has 0 radical (unpaired) electrons. The van der Waals surface area contributed by atoms with Crippen LogP contribution in [0.1, 0.15) is 20.3 Å². The van der Waals surface area contributed by atoms with Gasteiger partial charge in [0.05, 0.1) is 6.42 Å². The summed E-state index contributed by atoms with van der Waals surface area (Å²) in [6, 6.07) is -0.102. The van der Waals surface area contributed by atoms with Crippen LogP contribution in [0.3, 0.4) is 0 Å². The molecule has 0 atom stereocenters. The summed E-state index contributed by atoms with van der Waals surface area (Å²) in [5, 5.41) is 0. The number of imide groups is 1. The van der Waals surface area contributed by atoms with E-state index in [2.05, 4.69) is 4.74 Å². The molecule has 1 fully saturated rings. The summed E-state index contributed by atoms with van der Waals surface area (Å²) in [5.41, 5.74) is 0. The maximum atomic E-state index is 11.1. The third kappa shape index (κ3) is 1.50. The van der Waals surface area contributed by atoms with Crippen LogP contribution >= 0.6 is 0 Å². The molecule has 0 saturated carbocycles. The molecule has 1 saturated heterocycles. The minimum atomic E-state index is -0.517. The first-order valence-electron chi connectivity index (χ1n) is 3.61. The number of amides is 2. The average molecular weight is 157 g/mol. The Morgan fingerprint density at radius 3 is 2.45 bits per heavy atom. The van der Waals surface area contributed by atoms with Crippen molar-refractivity contribution in [1.82, 2.24) is 4.90 Å². The van der Waals surface area contributed by atoms with Gasteiger partial charge in [-0.15, -0.1) is 0 Å². The number of nitrogens with zero attached hydrogens (tertiary/aromatic N) is 1. The monoisotopic (exact) mass is 157 g/mol. The molecule has 2 amide bonds. The van der Waals surface area contributed by atoms with Crippen molar-refractivity contribution in [2.75, 3.05) is 6.61 Å². The van der Waals surface area contributed by atoms with Gasteiger partial charge in [0.1, 0.15) is 6.61 Å². The number of hydrogen-bond acceptors (Lipinski definition) is 3. The van der Waals surface area contributed by atoms with Gasteiger partial charge >= 0.3 is 6.09 Å². The Morgan fingerprint density at radius 2 is 2.09 bits per heavy atom. The molecule has 0 aromatic carbocycles. The minimum Gasteiger partial charge on any atom is -0.449 e. The first-order valence-corrected chi connectivity index (χ1v) is 3.61. The zero-order valence-electron chi connectivity index (χ0n) is 6.66. The van der Waals surface area contributed by atoms with E-state index in [4.69, 9.17) is 0 Å². The molecule has 1 aliphatic heterocycles. The molecule has 0 bridgehead atoms. The van der Waals surface area contributed by atoms with Crippen LogP contribution in [0, 0.1) is 0 Å². The second kappa shape index (κ2) is 2.90. The highest BCUT2D eigenvalue weighted by molar-refractivity contribution is 5.94. The maximum absolute atomic E-state index is 11.1. The Kier molecular flexibility index (Phi) is 2.12. The molecular weight excluding hydrogens is 146 g/mol. The molecule has 0 aromatic rings. The van der Waals surface area contributed by atoms with Crippen molar-refractivity contribution >= 4 is 12.0 Å². The van der Waals surface area contributed by atoms with E-state index in [1.807, 2.05) is 0 Å². The second-order valence-electron chi connectivity index (χ2n) is 2.72. The molecule has 0 spiro atoms. The molecule has 0 aromatic heterocycles. The smallest absolute Gasteiger partial charge is 0.416 e. The summed E-state index contributed by atoms with van der Waals surface area (Å²) in [6.07, 6.45) is -0.208. The van der Waals surface area contributed by atoms with Crippen LogP contribution in [0.15, 0.2) is 0 Å². The van der Waals surface area contributed by atoms with E-state index in [0.717, 1.165) is 4.90 Å². The van der Waals surface area contributed by atoms with E-state index in [1.165, 1.54) is 0 Å². The fraction of sp³-hybridized carbons (Fsp3) is 0.714. The molecule has 4 nitrogen and oxygen atoms in total. The fourth-order valence-electron chi connectivity index (χ4n) is 1.02. The van der Waals surface area contributed by atoms with Crippen molar-refractivity contribution in [1.29, 1.82) is 0 Å². The first-order chi connectivity index (χ1) is 5.13. The molecule has 4 heteroatoms. The van der Waals surface area contributed by atoms with Crippen LogP contribution in [-0.2, 0) is 9.53 Å². The standard InChI is InChI=1S/C7H11NO3/c1-5(2)8-6(9)3-4-11-7(8)10/h5H,3-4H2,1-2H3. The zero-order chi connectivity index (χ0) is 8.43. The number of cyclic esters (lactones) is 1. The van der Waals surface area contributed by atoms with Gasteiger partial charge < -0.3 is 4.74 Å². The van der Waals surface area contributed by atoms with E-state index in [0.29, 0.717) is 6.42 Å². The van der Waals surface area contributed by atoms with E-state index in [9.17, 15) is 9.59 Å². The van der Waals surface area contributed by atoms with Gasteiger partial charge in [0.15, 0.2) is 0 Å². The largest absolute Gasteiger partial charge is 0.449 e. The minimum absolute atomic E-state index is 0.102. The van der Waals surface area contributed by atoms with Gasteiger partial charge in [0, 0.05) is 6.04 Å². The average Bonchev–Trinajstić information content (AvgIpc) is 1.85. The van der Waals surface area contributed by atoms with E-state index >= 15 is 0 Å². The Hall–Kier alpha value is -1.06. The normalized spacial score (nSPS) is 19.0. The molecule has 1 aliphatic rings. The van der Waals surface area contributed by atoms with Gasteiger partial charge in [-0.25, -0.2) is 9.69 Å². The van der Waals surface area contributed by atoms with Gasteiger partial charge in [0.25, 0.3) is 0 Å². The first kappa shape index (κ1) is 8.04. The lowest BCUT2D eigenvalue weighted by molar-refractivity contribution is -0.135. The quantitative estimate of drug-likeness (QED) is 0.564. The Bertz CT molecular complexity index is 172. The van der Waals surface area contributed by atoms with Crippen molar-refractivity contribution in [3.63, 3.8) is 0 Å². The SMILES string of the molecule is CC(C)N1C(=O)CCOC1=O. The number of carbonyl (C=O) groups is 2. The summed E-state index contributed by atoms with van der Waals surface area (Å²) in [6.45, 7) is 3.79. The highest BCUT2D eigenvalue weighted by atomic mass is 16.6. The van der Waals surface area contributed by atoms with Gasteiger partial charge in [-0.3, -0.25) is 4.79 Å². The third-order valence-corrected chi connectivity index (χ3v) is 1.52. The Morgan fingerprint density at radius 1 is 1.45 bits per heavy atom. The number of carbonyl (C=O) groups excluding carboxylic acids is 2. The fourth-order valence-corrected chi connectivity index (χ4v) is 1.02. The van der Waals surface area contributed by atoms with Crippen molar-refractivity contribution in [3.05, 3.63) is 0 Å². The Labute approximate surface area is 65.1 Å². The number of rotatable bonds is 1. The van der Waals surface area contributed by atoms with Crippen LogP contribution in [0.4, 0.5) is 4.79 Å². The topological polar surface area (TPSA) is 46.6 Å². The van der Waals surface area contributed by atoms with Crippen LogP contribution in [0.2, 0.25) is 0 Å². The van der Waals surface area contributed by atoms with Gasteiger partial charge in [0.2, 0.25) is 5.91 Å². The van der Waals surface area contributed by atoms with E-state index in [-0.39, 0.29) is 18.6 Å². The van der Waals surface area contributed by atoms with Gasteiger partial charge in [-0.05, 0) is 13.8 Å². The number of ether oxygens (including phenoxy) is 1. The van der Waals surface area contributed by atoms with Crippen molar-refractivity contribution < 1.29 is 14.3 Å². The lowest BCUT2D eigenvalue weighted by Crippen LogP contribution is -2.46. The summed E-state index contributed by atoms with van der Waals surface area (Å²) < 4.78 is 4.69. The summed E-state index contributed by atoms with van der Waals surface area (Å²) >= 11 is 0. The van der Waals surface area contributed by atoms with Crippen LogP contribution in [0.25, 0.3) is 0 Å². The van der Waals surface area contributed by atoms with Crippen LogP contribution < -0.4 is 0 Å². The van der Waals surface area contributed by atoms with E-state index in [1.54, 1.807) is 13.8 Å². The lowest BCUT2D eigenvalue weighted by atomic mass is 10.3. The summed E-state index contributed by atoms with van der Waals surface area (Å²) in [7, 11) is 0. The van der Waals surface area contributed by atoms with Crippen molar-refractivity contribution in [2.45, 2.75) is 26.3 Å². The molecule has 0 N–H and O–H groups in total. The predicted molar refractivity (Wildman–Crippen MR) is 37.9 cm³/mol. The summed E-state index contributed by atoms with van der Waals surface area (Å²) in [5.74, 6) is -0.142. The second-order valence-corrected chi connectivity index (χ2v) is 2.72. The highest BCUT2D eigenvalue weighted by Gasteiger charge is 2.29.